The summed E-state index contributed by atoms with van der Waals surface area (Å²) in [5, 5.41) is 0. The van der Waals surface area contributed by atoms with Gasteiger partial charge in [0.15, 0.2) is 0 Å². The Hall–Kier alpha value is -1.46. The molecule has 2 amide bonds. The summed E-state index contributed by atoms with van der Waals surface area (Å²) in [4.78, 5) is 27.6. The highest BCUT2D eigenvalue weighted by molar-refractivity contribution is 5.71. The maximum atomic E-state index is 12.2. The molecule has 0 unspecified atom stereocenters. The number of ether oxygens (including phenoxy) is 2. The van der Waals surface area contributed by atoms with E-state index in [0.29, 0.717) is 6.54 Å². The fraction of sp³-hybridized carbons (Fsp3) is 0.875. The lowest BCUT2D eigenvalue weighted by atomic mass is 10.1. The highest BCUT2D eigenvalue weighted by Crippen LogP contribution is 2.25. The Morgan fingerprint density at radius 3 is 2.00 bits per heavy atom. The SMILES string of the molecule is C[C@H]1[C@@H](N(C)C(=O)OC(C)(C)C)CCN1C(=O)OC(C)(C)C. The normalized spacial score (nSPS) is 22.5. The maximum Gasteiger partial charge on any atom is 0.410 e. The van der Waals surface area contributed by atoms with Gasteiger partial charge in [-0.05, 0) is 54.9 Å². The average molecular weight is 314 g/mol. The molecule has 2 atom stereocenters. The Balaban J connectivity index is 2.69. The third-order valence-electron chi connectivity index (χ3n) is 3.52. The van der Waals surface area contributed by atoms with Crippen molar-refractivity contribution in [3.63, 3.8) is 0 Å². The molecule has 1 fully saturated rings. The van der Waals surface area contributed by atoms with Gasteiger partial charge in [-0.2, -0.15) is 0 Å². The predicted octanol–water partition coefficient (Wildman–Crippen LogP) is 3.25. The summed E-state index contributed by atoms with van der Waals surface area (Å²) in [6.07, 6.45) is 0.0198. The van der Waals surface area contributed by atoms with E-state index in [4.69, 9.17) is 9.47 Å². The molecule has 0 aromatic heterocycles. The van der Waals surface area contributed by atoms with Gasteiger partial charge in [0.1, 0.15) is 11.2 Å². The van der Waals surface area contributed by atoms with Crippen molar-refractivity contribution in [1.29, 1.82) is 0 Å². The molecule has 0 aliphatic carbocycles. The molecule has 6 nitrogen and oxygen atoms in total. The van der Waals surface area contributed by atoms with Crippen molar-refractivity contribution >= 4 is 12.2 Å². The number of hydrogen-bond acceptors (Lipinski definition) is 4. The fourth-order valence-corrected chi connectivity index (χ4v) is 2.49. The molecule has 1 aliphatic rings. The first-order valence-corrected chi connectivity index (χ1v) is 7.77. The van der Waals surface area contributed by atoms with E-state index in [0.717, 1.165) is 6.42 Å². The van der Waals surface area contributed by atoms with E-state index in [1.807, 2.05) is 48.5 Å². The van der Waals surface area contributed by atoms with Crippen molar-refractivity contribution in [3.05, 3.63) is 0 Å². The number of likely N-dealkylation sites (tertiary alicyclic amines) is 1. The Labute approximate surface area is 133 Å². The van der Waals surface area contributed by atoms with Crippen LogP contribution in [-0.2, 0) is 9.47 Å². The Kier molecular flexibility index (Phi) is 5.36. The van der Waals surface area contributed by atoms with Gasteiger partial charge in [0.2, 0.25) is 0 Å². The van der Waals surface area contributed by atoms with Crippen LogP contribution >= 0.6 is 0 Å². The van der Waals surface area contributed by atoms with Crippen molar-refractivity contribution in [2.24, 2.45) is 0 Å². The quantitative estimate of drug-likeness (QED) is 0.745. The van der Waals surface area contributed by atoms with E-state index < -0.39 is 11.2 Å². The maximum absolute atomic E-state index is 12.2. The number of rotatable bonds is 1. The van der Waals surface area contributed by atoms with Crippen molar-refractivity contribution in [3.8, 4) is 0 Å². The molecule has 1 heterocycles. The number of hydrogen-bond donors (Lipinski definition) is 0. The first kappa shape index (κ1) is 18.6. The third kappa shape index (κ3) is 5.07. The van der Waals surface area contributed by atoms with Gasteiger partial charge in [-0.3, -0.25) is 0 Å². The molecule has 1 saturated heterocycles. The summed E-state index contributed by atoms with van der Waals surface area (Å²) in [6, 6.07) is -0.172. The number of carbonyl (C=O) groups is 2. The topological polar surface area (TPSA) is 59.1 Å². The first-order chi connectivity index (χ1) is 9.82. The summed E-state index contributed by atoms with van der Waals surface area (Å²) < 4.78 is 10.8. The Morgan fingerprint density at radius 2 is 1.55 bits per heavy atom. The fourth-order valence-electron chi connectivity index (χ4n) is 2.49. The zero-order valence-electron chi connectivity index (χ0n) is 15.1. The summed E-state index contributed by atoms with van der Waals surface area (Å²) in [5.41, 5.74) is -1.05. The van der Waals surface area contributed by atoms with Crippen molar-refractivity contribution in [2.75, 3.05) is 13.6 Å². The van der Waals surface area contributed by atoms with Crippen LogP contribution in [0.3, 0.4) is 0 Å². The van der Waals surface area contributed by atoms with Crippen LogP contribution in [0.25, 0.3) is 0 Å². The van der Waals surface area contributed by atoms with Gasteiger partial charge >= 0.3 is 12.2 Å². The van der Waals surface area contributed by atoms with Crippen molar-refractivity contribution < 1.29 is 19.1 Å². The molecular weight excluding hydrogens is 284 g/mol. The van der Waals surface area contributed by atoms with Crippen molar-refractivity contribution in [1.82, 2.24) is 9.80 Å². The van der Waals surface area contributed by atoms with Crippen LogP contribution in [0, 0.1) is 0 Å². The molecule has 0 aromatic carbocycles. The minimum absolute atomic E-state index is 0.0673. The predicted molar refractivity (Wildman–Crippen MR) is 84.8 cm³/mol. The van der Waals surface area contributed by atoms with E-state index in [1.165, 1.54) is 0 Å². The van der Waals surface area contributed by atoms with Gasteiger partial charge in [-0.1, -0.05) is 0 Å². The minimum atomic E-state index is -0.530. The molecular formula is C16H30N2O4. The van der Waals surface area contributed by atoms with E-state index in [-0.39, 0.29) is 24.3 Å². The first-order valence-electron chi connectivity index (χ1n) is 7.77. The largest absolute Gasteiger partial charge is 0.444 e. The molecule has 6 heteroatoms. The van der Waals surface area contributed by atoms with Gasteiger partial charge in [-0.15, -0.1) is 0 Å². The van der Waals surface area contributed by atoms with E-state index in [1.54, 1.807) is 16.8 Å². The van der Waals surface area contributed by atoms with Gasteiger partial charge in [0, 0.05) is 13.6 Å². The highest BCUT2D eigenvalue weighted by atomic mass is 16.6. The van der Waals surface area contributed by atoms with Gasteiger partial charge in [0.05, 0.1) is 12.1 Å². The molecule has 22 heavy (non-hydrogen) atoms. The molecule has 1 rings (SSSR count). The van der Waals surface area contributed by atoms with Gasteiger partial charge in [-0.25, -0.2) is 9.59 Å². The van der Waals surface area contributed by atoms with E-state index >= 15 is 0 Å². The van der Waals surface area contributed by atoms with Crippen LogP contribution in [0.15, 0.2) is 0 Å². The number of amides is 2. The molecule has 0 aromatic rings. The van der Waals surface area contributed by atoms with Crippen LogP contribution in [0.4, 0.5) is 9.59 Å². The summed E-state index contributed by atoms with van der Waals surface area (Å²) >= 11 is 0. The van der Waals surface area contributed by atoms with Crippen LogP contribution in [0.2, 0.25) is 0 Å². The van der Waals surface area contributed by atoms with Crippen LogP contribution < -0.4 is 0 Å². The van der Waals surface area contributed by atoms with Gasteiger partial charge < -0.3 is 19.3 Å². The molecule has 0 radical (unpaired) electrons. The van der Waals surface area contributed by atoms with E-state index in [9.17, 15) is 9.59 Å². The number of likely N-dealkylation sites (N-methyl/N-ethyl adjacent to an activating group) is 1. The lowest BCUT2D eigenvalue weighted by Crippen LogP contribution is -2.48. The second kappa shape index (κ2) is 6.34. The van der Waals surface area contributed by atoms with Crippen LogP contribution in [-0.4, -0.2) is 58.9 Å². The summed E-state index contributed by atoms with van der Waals surface area (Å²) in [7, 11) is 1.72. The number of nitrogens with zero attached hydrogens (tertiary/aromatic N) is 2. The minimum Gasteiger partial charge on any atom is -0.444 e. The van der Waals surface area contributed by atoms with E-state index in [2.05, 4.69) is 0 Å². The lowest BCUT2D eigenvalue weighted by molar-refractivity contribution is 0.0104. The Morgan fingerprint density at radius 1 is 1.05 bits per heavy atom. The van der Waals surface area contributed by atoms with Crippen LogP contribution in [0.5, 0.6) is 0 Å². The van der Waals surface area contributed by atoms with Gasteiger partial charge in [0.25, 0.3) is 0 Å². The molecule has 0 bridgehead atoms. The number of carbonyl (C=O) groups excluding carboxylic acids is 2. The third-order valence-corrected chi connectivity index (χ3v) is 3.52. The molecule has 0 spiro atoms. The van der Waals surface area contributed by atoms with Crippen molar-refractivity contribution in [2.45, 2.75) is 78.2 Å². The standard InChI is InChI=1S/C16H30N2O4/c1-11-12(17(8)13(19)21-15(2,3)4)9-10-18(11)14(20)22-16(5,6)7/h11-12H,9-10H2,1-8H3/t11-,12-/m0/s1. The zero-order chi connectivity index (χ0) is 17.3. The average Bonchev–Trinajstić information content (AvgIpc) is 2.65. The summed E-state index contributed by atoms with van der Waals surface area (Å²) in [5.74, 6) is 0. The van der Waals surface area contributed by atoms with Crippen LogP contribution in [0.1, 0.15) is 54.9 Å². The monoisotopic (exact) mass is 314 g/mol. The Bertz CT molecular complexity index is 423. The second-order valence-electron chi connectivity index (χ2n) is 7.86. The smallest absolute Gasteiger partial charge is 0.410 e. The highest BCUT2D eigenvalue weighted by Gasteiger charge is 2.40. The summed E-state index contributed by atoms with van der Waals surface area (Å²) in [6.45, 7) is 13.6. The second-order valence-corrected chi connectivity index (χ2v) is 7.86. The molecule has 128 valence electrons. The molecule has 0 saturated carbocycles. The zero-order valence-corrected chi connectivity index (χ0v) is 15.1. The molecule has 1 aliphatic heterocycles. The lowest BCUT2D eigenvalue weighted by Gasteiger charge is -2.33. The molecule has 0 N–H and O–H groups in total.